The summed E-state index contributed by atoms with van der Waals surface area (Å²) in [6, 6.07) is 10.4. The summed E-state index contributed by atoms with van der Waals surface area (Å²) in [7, 11) is -2.03. The van der Waals surface area contributed by atoms with Gasteiger partial charge in [-0.3, -0.25) is 4.79 Å². The number of carbonyl (C=O) groups excluding carboxylic acids is 1. The predicted octanol–water partition coefficient (Wildman–Crippen LogP) is 3.88. The monoisotopic (exact) mass is 448 g/mol. The van der Waals surface area contributed by atoms with E-state index in [1.165, 1.54) is 7.11 Å². The quantitative estimate of drug-likeness (QED) is 0.629. The van der Waals surface area contributed by atoms with Crippen molar-refractivity contribution in [1.29, 1.82) is 0 Å². The van der Waals surface area contributed by atoms with Crippen LogP contribution in [0.15, 0.2) is 66.1 Å². The van der Waals surface area contributed by atoms with Gasteiger partial charge in [0.05, 0.1) is 24.3 Å². The number of methoxy groups -OCH3 is 1. The third kappa shape index (κ3) is 4.69. The number of ether oxygens (including phenoxy) is 1. The lowest BCUT2D eigenvalue weighted by Crippen LogP contribution is -2.48. The minimum atomic E-state index is -3.55. The molecule has 0 aliphatic heterocycles. The Hall–Kier alpha value is -2.35. The van der Waals surface area contributed by atoms with Crippen LogP contribution in [-0.2, 0) is 21.2 Å². The molecule has 0 amide bonds. The lowest BCUT2D eigenvalue weighted by atomic mass is 9.68. The Morgan fingerprint density at radius 3 is 2.37 bits per heavy atom. The number of hydrogen-bond donors (Lipinski definition) is 2. The van der Waals surface area contributed by atoms with E-state index in [2.05, 4.69) is 9.71 Å². The van der Waals surface area contributed by atoms with Crippen molar-refractivity contribution in [3.63, 3.8) is 0 Å². The number of carbonyl (C=O) groups is 1. The van der Waals surface area contributed by atoms with Crippen LogP contribution in [0.4, 0.5) is 0 Å². The summed E-state index contributed by atoms with van der Waals surface area (Å²) in [5, 5.41) is 0.527. The molecule has 3 rings (SSSR count). The van der Waals surface area contributed by atoms with Crippen LogP contribution in [0.1, 0.15) is 29.9 Å². The molecule has 0 saturated heterocycles. The van der Waals surface area contributed by atoms with Gasteiger partial charge in [0.2, 0.25) is 10.0 Å². The Labute approximate surface area is 182 Å². The van der Waals surface area contributed by atoms with Gasteiger partial charge < -0.3 is 9.72 Å². The van der Waals surface area contributed by atoms with E-state index in [1.807, 2.05) is 25.3 Å². The number of aromatic amines is 1. The number of aromatic nitrogens is 1. The normalized spacial score (nSPS) is 24.2. The molecule has 2 aromatic rings. The van der Waals surface area contributed by atoms with Gasteiger partial charge in [0, 0.05) is 34.5 Å². The molecule has 160 valence electrons. The zero-order valence-electron chi connectivity index (χ0n) is 17.3. The van der Waals surface area contributed by atoms with E-state index in [0.717, 1.165) is 11.9 Å². The minimum Gasteiger partial charge on any atom is -0.500 e. The van der Waals surface area contributed by atoms with Crippen molar-refractivity contribution in [3.05, 3.63) is 82.4 Å². The second kappa shape index (κ2) is 8.06. The number of nitrogens with one attached hydrogen (secondary N) is 2. The molecule has 30 heavy (non-hydrogen) atoms. The van der Waals surface area contributed by atoms with E-state index in [1.54, 1.807) is 43.3 Å². The predicted molar refractivity (Wildman–Crippen MR) is 118 cm³/mol. The molecule has 0 bridgehead atoms. The number of benzene rings is 1. The standard InChI is InChI=1S/C22H25ClN2O4S/c1-21(25-30(4,27)28)13-18(20(26)15-7-9-16(23)10-8-15)22(2,19(14-21)29-3)12-17-6-5-11-24-17/h5-11,13-14,24-25H,12H2,1-4H3. The number of H-pyrrole nitrogens is 1. The zero-order valence-corrected chi connectivity index (χ0v) is 18.9. The fraction of sp³-hybridized carbons (Fsp3) is 0.318. The van der Waals surface area contributed by atoms with Crippen LogP contribution >= 0.6 is 11.6 Å². The Kier molecular flexibility index (Phi) is 6.00. The largest absolute Gasteiger partial charge is 0.500 e. The second-order valence-corrected chi connectivity index (χ2v) is 10.2. The molecule has 1 heterocycles. The topological polar surface area (TPSA) is 88.3 Å². The van der Waals surface area contributed by atoms with Crippen LogP contribution < -0.4 is 4.72 Å². The molecule has 6 nitrogen and oxygen atoms in total. The molecular formula is C22H25ClN2O4S. The molecule has 2 unspecified atom stereocenters. The van der Waals surface area contributed by atoms with E-state index < -0.39 is 21.0 Å². The first kappa shape index (κ1) is 22.3. The SMILES string of the molecule is COC1=CC(C)(NS(C)(=O)=O)C=C(C(=O)c2ccc(Cl)cc2)C1(C)Cc1ccc[nH]1. The first-order valence-corrected chi connectivity index (χ1v) is 11.6. The van der Waals surface area contributed by atoms with E-state index >= 15 is 0 Å². The highest BCUT2D eigenvalue weighted by atomic mass is 35.5. The Balaban J connectivity index is 2.17. The van der Waals surface area contributed by atoms with Crippen molar-refractivity contribution in [2.24, 2.45) is 5.41 Å². The molecule has 1 aromatic carbocycles. The van der Waals surface area contributed by atoms with Gasteiger partial charge in [-0.15, -0.1) is 0 Å². The number of Topliss-reactive ketones (excluding diaryl/α,β-unsaturated/α-hetero) is 1. The van der Waals surface area contributed by atoms with Crippen molar-refractivity contribution < 1.29 is 17.9 Å². The highest BCUT2D eigenvalue weighted by molar-refractivity contribution is 7.88. The molecular weight excluding hydrogens is 424 g/mol. The van der Waals surface area contributed by atoms with Crippen molar-refractivity contribution in [2.75, 3.05) is 13.4 Å². The summed E-state index contributed by atoms with van der Waals surface area (Å²) in [6.45, 7) is 3.61. The van der Waals surface area contributed by atoms with E-state index in [9.17, 15) is 13.2 Å². The van der Waals surface area contributed by atoms with Gasteiger partial charge in [0.25, 0.3) is 0 Å². The number of rotatable bonds is 7. The second-order valence-electron chi connectivity index (χ2n) is 7.97. The van der Waals surface area contributed by atoms with Crippen LogP contribution in [-0.4, -0.2) is 38.1 Å². The minimum absolute atomic E-state index is 0.218. The maximum atomic E-state index is 13.6. The van der Waals surface area contributed by atoms with E-state index in [4.69, 9.17) is 16.3 Å². The molecule has 2 atom stereocenters. The number of hydrogen-bond acceptors (Lipinski definition) is 4. The van der Waals surface area contributed by atoms with Crippen LogP contribution in [0.3, 0.4) is 0 Å². The number of halogens is 1. The average Bonchev–Trinajstić information content (AvgIpc) is 3.15. The van der Waals surface area contributed by atoms with Gasteiger partial charge in [0.15, 0.2) is 5.78 Å². The van der Waals surface area contributed by atoms with Crippen LogP contribution in [0.5, 0.6) is 0 Å². The highest BCUT2D eigenvalue weighted by Gasteiger charge is 2.45. The van der Waals surface area contributed by atoms with Crippen molar-refractivity contribution >= 4 is 27.4 Å². The highest BCUT2D eigenvalue weighted by Crippen LogP contribution is 2.45. The van der Waals surface area contributed by atoms with Gasteiger partial charge in [-0.05, 0) is 56.3 Å². The maximum Gasteiger partial charge on any atom is 0.209 e. The Morgan fingerprint density at radius 1 is 1.17 bits per heavy atom. The van der Waals surface area contributed by atoms with Crippen molar-refractivity contribution in [1.82, 2.24) is 9.71 Å². The summed E-state index contributed by atoms with van der Waals surface area (Å²) < 4.78 is 32.3. The van der Waals surface area contributed by atoms with Gasteiger partial charge in [-0.2, -0.15) is 0 Å². The fourth-order valence-corrected chi connectivity index (χ4v) is 4.96. The van der Waals surface area contributed by atoms with Gasteiger partial charge in [0.1, 0.15) is 5.76 Å². The third-order valence-electron chi connectivity index (χ3n) is 5.20. The smallest absolute Gasteiger partial charge is 0.209 e. The fourth-order valence-electron chi connectivity index (χ4n) is 3.92. The van der Waals surface area contributed by atoms with Crippen LogP contribution in [0.2, 0.25) is 5.02 Å². The first-order valence-electron chi connectivity index (χ1n) is 9.38. The van der Waals surface area contributed by atoms with E-state index in [-0.39, 0.29) is 5.78 Å². The molecule has 1 aromatic heterocycles. The van der Waals surface area contributed by atoms with Gasteiger partial charge >= 0.3 is 0 Å². The summed E-state index contributed by atoms with van der Waals surface area (Å²) in [5.74, 6) is 0.292. The first-order chi connectivity index (χ1) is 14.0. The molecule has 0 saturated carbocycles. The zero-order chi connectivity index (χ0) is 22.2. The molecule has 0 spiro atoms. The molecule has 1 aliphatic rings. The summed E-state index contributed by atoms with van der Waals surface area (Å²) in [5.41, 5.74) is -0.101. The number of sulfonamides is 1. The number of allylic oxidation sites excluding steroid dienone is 1. The van der Waals surface area contributed by atoms with Gasteiger partial charge in [-0.1, -0.05) is 17.7 Å². The van der Waals surface area contributed by atoms with E-state index in [0.29, 0.717) is 28.3 Å². The third-order valence-corrected chi connectivity index (χ3v) is 6.26. The maximum absolute atomic E-state index is 13.6. The summed E-state index contributed by atoms with van der Waals surface area (Å²) >= 11 is 5.98. The van der Waals surface area contributed by atoms with Gasteiger partial charge in [-0.25, -0.2) is 13.1 Å². The van der Waals surface area contributed by atoms with Crippen molar-refractivity contribution in [2.45, 2.75) is 25.8 Å². The molecule has 0 fully saturated rings. The summed E-state index contributed by atoms with van der Waals surface area (Å²) in [4.78, 5) is 16.8. The lowest BCUT2D eigenvalue weighted by Gasteiger charge is -2.40. The molecule has 8 heteroatoms. The average molecular weight is 449 g/mol. The Bertz CT molecular complexity index is 1100. The molecule has 0 radical (unpaired) electrons. The van der Waals surface area contributed by atoms with Crippen LogP contribution in [0, 0.1) is 5.41 Å². The van der Waals surface area contributed by atoms with Crippen molar-refractivity contribution in [3.8, 4) is 0 Å². The lowest BCUT2D eigenvalue weighted by molar-refractivity contribution is 0.0982. The summed E-state index contributed by atoms with van der Waals surface area (Å²) in [6.07, 6.45) is 6.77. The molecule has 2 N–H and O–H groups in total. The Morgan fingerprint density at radius 2 is 1.83 bits per heavy atom. The molecule has 1 aliphatic carbocycles. The number of ketones is 1. The van der Waals surface area contributed by atoms with Crippen LogP contribution in [0.25, 0.3) is 0 Å².